The van der Waals surface area contributed by atoms with Gasteiger partial charge in [-0.1, -0.05) is 13.0 Å². The van der Waals surface area contributed by atoms with Crippen molar-refractivity contribution < 1.29 is 4.21 Å². The Kier molecular flexibility index (Phi) is 2.57. The fraction of sp³-hybridized carbons (Fsp3) is 0.286. The summed E-state index contributed by atoms with van der Waals surface area (Å²) in [7, 11) is -0.901. The molecule has 0 bridgehead atoms. The summed E-state index contributed by atoms with van der Waals surface area (Å²) < 4.78 is 11.1. The van der Waals surface area contributed by atoms with Crippen LogP contribution in [0.1, 0.15) is 6.92 Å². The summed E-state index contributed by atoms with van der Waals surface area (Å²) in [6.07, 6.45) is 1.66. The molecule has 3 heteroatoms. The molecule has 54 valence electrons. The Labute approximate surface area is 62.8 Å². The molecule has 1 aromatic heterocycles. The van der Waals surface area contributed by atoms with E-state index in [2.05, 4.69) is 4.98 Å². The van der Waals surface area contributed by atoms with Crippen molar-refractivity contribution in [2.75, 3.05) is 5.75 Å². The predicted octanol–water partition coefficient (Wildman–Crippen LogP) is 1.21. The van der Waals surface area contributed by atoms with Gasteiger partial charge in [-0.3, -0.25) is 4.21 Å². The summed E-state index contributed by atoms with van der Waals surface area (Å²) in [5, 5.41) is 0.671. The minimum Gasteiger partial charge on any atom is -0.253 e. The lowest BCUT2D eigenvalue weighted by Gasteiger charge is -1.93. The van der Waals surface area contributed by atoms with Crippen LogP contribution in [0, 0.1) is 0 Å². The SMILES string of the molecule is CCS(=O)c1ccccn1. The minimum absolute atomic E-state index is 0.636. The molecule has 1 heterocycles. The lowest BCUT2D eigenvalue weighted by atomic mass is 10.5. The Morgan fingerprint density at radius 3 is 2.90 bits per heavy atom. The van der Waals surface area contributed by atoms with Crippen LogP contribution in [0.3, 0.4) is 0 Å². The second-order valence-corrected chi connectivity index (χ2v) is 3.49. The van der Waals surface area contributed by atoms with E-state index in [1.165, 1.54) is 0 Å². The third-order valence-electron chi connectivity index (χ3n) is 1.13. The highest BCUT2D eigenvalue weighted by Crippen LogP contribution is 1.99. The number of nitrogens with zero attached hydrogens (tertiary/aromatic N) is 1. The molecule has 0 amide bonds. The molecule has 1 unspecified atom stereocenters. The minimum atomic E-state index is -0.901. The highest BCUT2D eigenvalue weighted by atomic mass is 32.2. The topological polar surface area (TPSA) is 30.0 Å². The summed E-state index contributed by atoms with van der Waals surface area (Å²) in [5.74, 6) is 0.636. The maximum absolute atomic E-state index is 11.1. The first-order chi connectivity index (χ1) is 4.84. The monoisotopic (exact) mass is 155 g/mol. The second-order valence-electron chi connectivity index (χ2n) is 1.80. The first kappa shape index (κ1) is 7.41. The van der Waals surface area contributed by atoms with E-state index in [0.717, 1.165) is 0 Å². The van der Waals surface area contributed by atoms with Crippen molar-refractivity contribution in [1.82, 2.24) is 4.98 Å². The average Bonchev–Trinajstić information content (AvgIpc) is 2.05. The van der Waals surface area contributed by atoms with Crippen LogP contribution in [-0.2, 0) is 10.8 Å². The van der Waals surface area contributed by atoms with E-state index in [4.69, 9.17) is 0 Å². The van der Waals surface area contributed by atoms with Gasteiger partial charge in [0.15, 0.2) is 0 Å². The maximum Gasteiger partial charge on any atom is 0.127 e. The molecule has 10 heavy (non-hydrogen) atoms. The van der Waals surface area contributed by atoms with Gasteiger partial charge >= 0.3 is 0 Å². The second kappa shape index (κ2) is 3.46. The first-order valence-electron chi connectivity index (χ1n) is 3.14. The van der Waals surface area contributed by atoms with Gasteiger partial charge in [-0.2, -0.15) is 0 Å². The largest absolute Gasteiger partial charge is 0.253 e. The Morgan fingerprint density at radius 1 is 1.60 bits per heavy atom. The van der Waals surface area contributed by atoms with Crippen LogP contribution in [0.4, 0.5) is 0 Å². The van der Waals surface area contributed by atoms with Gasteiger partial charge in [-0.05, 0) is 12.1 Å². The molecule has 0 saturated carbocycles. The zero-order valence-electron chi connectivity index (χ0n) is 5.78. The molecule has 0 saturated heterocycles. The molecular formula is C7H9NOS. The van der Waals surface area contributed by atoms with Gasteiger partial charge in [0.25, 0.3) is 0 Å². The van der Waals surface area contributed by atoms with E-state index in [-0.39, 0.29) is 0 Å². The first-order valence-corrected chi connectivity index (χ1v) is 4.46. The third-order valence-corrected chi connectivity index (χ3v) is 2.37. The highest BCUT2D eigenvalue weighted by molar-refractivity contribution is 7.84. The number of pyridine rings is 1. The molecular weight excluding hydrogens is 146 g/mol. The molecule has 0 fully saturated rings. The van der Waals surface area contributed by atoms with Crippen LogP contribution in [-0.4, -0.2) is 14.9 Å². The molecule has 0 aromatic carbocycles. The molecule has 1 atom stereocenters. The van der Waals surface area contributed by atoms with Crippen LogP contribution < -0.4 is 0 Å². The Balaban J connectivity index is 2.85. The van der Waals surface area contributed by atoms with Crippen LogP contribution in [0.15, 0.2) is 29.4 Å². The normalized spacial score (nSPS) is 12.9. The summed E-state index contributed by atoms with van der Waals surface area (Å²) >= 11 is 0. The van der Waals surface area contributed by atoms with Crippen LogP contribution in [0.5, 0.6) is 0 Å². The summed E-state index contributed by atoms with van der Waals surface area (Å²) in [5.41, 5.74) is 0. The van der Waals surface area contributed by atoms with Crippen LogP contribution in [0.2, 0.25) is 0 Å². The standard InChI is InChI=1S/C7H9NOS/c1-2-10(9)7-5-3-4-6-8-7/h3-6H,2H2,1H3. The average molecular weight is 155 g/mol. The Morgan fingerprint density at radius 2 is 2.40 bits per heavy atom. The molecule has 0 N–H and O–H groups in total. The van der Waals surface area contributed by atoms with E-state index in [0.29, 0.717) is 10.8 Å². The van der Waals surface area contributed by atoms with Gasteiger partial charge in [0.05, 0.1) is 10.8 Å². The van der Waals surface area contributed by atoms with Crippen molar-refractivity contribution in [2.45, 2.75) is 11.9 Å². The van der Waals surface area contributed by atoms with E-state index in [9.17, 15) is 4.21 Å². The quantitative estimate of drug-likeness (QED) is 0.642. The Bertz CT molecular complexity index is 222. The van der Waals surface area contributed by atoms with E-state index >= 15 is 0 Å². The molecule has 2 nitrogen and oxygen atoms in total. The zero-order valence-corrected chi connectivity index (χ0v) is 6.60. The smallest absolute Gasteiger partial charge is 0.127 e. The van der Waals surface area contributed by atoms with E-state index in [1.54, 1.807) is 12.3 Å². The highest BCUT2D eigenvalue weighted by Gasteiger charge is 1.98. The molecule has 1 aromatic rings. The predicted molar refractivity (Wildman–Crippen MR) is 41.2 cm³/mol. The third kappa shape index (κ3) is 1.64. The Hall–Kier alpha value is -0.700. The summed E-state index contributed by atoms with van der Waals surface area (Å²) in [6, 6.07) is 5.44. The van der Waals surface area contributed by atoms with Crippen LogP contribution in [0.25, 0.3) is 0 Å². The lowest BCUT2D eigenvalue weighted by Crippen LogP contribution is -1.95. The zero-order chi connectivity index (χ0) is 7.40. The maximum atomic E-state index is 11.1. The van der Waals surface area contributed by atoms with E-state index in [1.807, 2.05) is 19.1 Å². The number of hydrogen-bond donors (Lipinski definition) is 0. The van der Waals surface area contributed by atoms with Crippen molar-refractivity contribution in [3.05, 3.63) is 24.4 Å². The van der Waals surface area contributed by atoms with Crippen molar-refractivity contribution in [1.29, 1.82) is 0 Å². The van der Waals surface area contributed by atoms with Crippen molar-refractivity contribution in [3.63, 3.8) is 0 Å². The van der Waals surface area contributed by atoms with Gasteiger partial charge in [-0.25, -0.2) is 4.98 Å². The molecule has 0 spiro atoms. The van der Waals surface area contributed by atoms with Gasteiger partial charge in [-0.15, -0.1) is 0 Å². The van der Waals surface area contributed by atoms with Gasteiger partial charge in [0.2, 0.25) is 0 Å². The molecule has 0 aliphatic carbocycles. The number of aromatic nitrogens is 1. The lowest BCUT2D eigenvalue weighted by molar-refractivity contribution is 0.681. The van der Waals surface area contributed by atoms with Gasteiger partial charge in [0, 0.05) is 11.9 Å². The molecule has 0 aliphatic heterocycles. The molecule has 1 rings (SSSR count). The van der Waals surface area contributed by atoms with Gasteiger partial charge < -0.3 is 0 Å². The molecule has 0 radical (unpaired) electrons. The summed E-state index contributed by atoms with van der Waals surface area (Å²) in [6.45, 7) is 1.88. The van der Waals surface area contributed by atoms with Crippen molar-refractivity contribution in [2.24, 2.45) is 0 Å². The molecule has 0 aliphatic rings. The van der Waals surface area contributed by atoms with Crippen LogP contribution >= 0.6 is 0 Å². The number of hydrogen-bond acceptors (Lipinski definition) is 2. The number of rotatable bonds is 2. The fourth-order valence-electron chi connectivity index (χ4n) is 0.630. The summed E-state index contributed by atoms with van der Waals surface area (Å²) in [4.78, 5) is 3.95. The fourth-order valence-corrected chi connectivity index (χ4v) is 1.33. The van der Waals surface area contributed by atoms with E-state index < -0.39 is 10.8 Å². The van der Waals surface area contributed by atoms with Gasteiger partial charge in [0.1, 0.15) is 5.03 Å². The van der Waals surface area contributed by atoms with Crippen molar-refractivity contribution >= 4 is 10.8 Å². The van der Waals surface area contributed by atoms with Crippen molar-refractivity contribution in [3.8, 4) is 0 Å².